The highest BCUT2D eigenvalue weighted by atomic mass is 16.4. The zero-order valence-corrected chi connectivity index (χ0v) is 15.9. The standard InChI is InChI=1S/C19H28N4O3/c1-12-15-13(21-22-18(20)25)10-19(2,3)11-14(15)26-16(12)17(24)23-8-6-4-5-7-9-23/h4-11H2,1-3H3,(H3,20,22,25)/b21-13-. The van der Waals surface area contributed by atoms with Crippen LogP contribution in [-0.2, 0) is 6.42 Å². The van der Waals surface area contributed by atoms with Gasteiger partial charge >= 0.3 is 6.03 Å². The number of hydrazone groups is 1. The summed E-state index contributed by atoms with van der Waals surface area (Å²) in [6.45, 7) is 7.68. The van der Waals surface area contributed by atoms with Crippen LogP contribution in [0.25, 0.3) is 0 Å². The summed E-state index contributed by atoms with van der Waals surface area (Å²) in [7, 11) is 0. The Kier molecular flexibility index (Phi) is 5.07. The molecule has 1 aliphatic carbocycles. The fourth-order valence-electron chi connectivity index (χ4n) is 3.95. The molecule has 1 saturated heterocycles. The summed E-state index contributed by atoms with van der Waals surface area (Å²) < 4.78 is 6.05. The highest BCUT2D eigenvalue weighted by Gasteiger charge is 2.37. The number of urea groups is 1. The van der Waals surface area contributed by atoms with E-state index in [2.05, 4.69) is 24.4 Å². The van der Waals surface area contributed by atoms with E-state index in [0.717, 1.165) is 49.2 Å². The molecule has 0 aromatic carbocycles. The summed E-state index contributed by atoms with van der Waals surface area (Å²) in [6, 6.07) is -0.704. The van der Waals surface area contributed by atoms with Crippen molar-refractivity contribution in [2.75, 3.05) is 13.1 Å². The topological polar surface area (TPSA) is 101 Å². The Bertz CT molecular complexity index is 740. The highest BCUT2D eigenvalue weighted by molar-refractivity contribution is 6.07. The van der Waals surface area contributed by atoms with Crippen molar-refractivity contribution in [2.45, 2.75) is 59.3 Å². The van der Waals surface area contributed by atoms with Gasteiger partial charge in [0.15, 0.2) is 5.76 Å². The van der Waals surface area contributed by atoms with Gasteiger partial charge in [0.25, 0.3) is 5.91 Å². The number of fused-ring (bicyclic) bond motifs is 1. The van der Waals surface area contributed by atoms with Gasteiger partial charge in [-0.25, -0.2) is 10.2 Å². The van der Waals surface area contributed by atoms with E-state index in [1.54, 1.807) is 0 Å². The fourth-order valence-corrected chi connectivity index (χ4v) is 3.95. The van der Waals surface area contributed by atoms with Crippen LogP contribution in [0.2, 0.25) is 0 Å². The number of nitrogens with one attached hydrogen (secondary N) is 1. The first-order valence-corrected chi connectivity index (χ1v) is 9.32. The second kappa shape index (κ2) is 7.13. The van der Waals surface area contributed by atoms with E-state index < -0.39 is 6.03 Å². The number of hydrogen-bond acceptors (Lipinski definition) is 4. The van der Waals surface area contributed by atoms with E-state index in [0.29, 0.717) is 17.9 Å². The van der Waals surface area contributed by atoms with Crippen LogP contribution in [-0.4, -0.2) is 35.6 Å². The Hall–Kier alpha value is -2.31. The molecule has 0 bridgehead atoms. The second-order valence-electron chi connectivity index (χ2n) is 8.11. The zero-order chi connectivity index (χ0) is 18.9. The molecule has 1 aliphatic heterocycles. The molecule has 2 aliphatic rings. The Morgan fingerprint density at radius 3 is 2.42 bits per heavy atom. The van der Waals surface area contributed by atoms with Crippen molar-refractivity contribution in [2.24, 2.45) is 16.3 Å². The number of furan rings is 1. The Labute approximate surface area is 154 Å². The molecule has 3 amide bonds. The van der Waals surface area contributed by atoms with Crippen molar-refractivity contribution in [3.8, 4) is 0 Å². The van der Waals surface area contributed by atoms with E-state index in [1.807, 2.05) is 11.8 Å². The minimum Gasteiger partial charge on any atom is -0.455 e. The maximum atomic E-state index is 13.0. The van der Waals surface area contributed by atoms with Crippen LogP contribution in [0.3, 0.4) is 0 Å². The predicted molar refractivity (Wildman–Crippen MR) is 99.2 cm³/mol. The van der Waals surface area contributed by atoms with Crippen molar-refractivity contribution < 1.29 is 14.0 Å². The summed E-state index contributed by atoms with van der Waals surface area (Å²) >= 11 is 0. The van der Waals surface area contributed by atoms with Gasteiger partial charge in [-0.2, -0.15) is 5.10 Å². The number of nitrogens with zero attached hydrogens (tertiary/aromatic N) is 2. The number of nitrogens with two attached hydrogens (primary N) is 1. The van der Waals surface area contributed by atoms with Crippen LogP contribution >= 0.6 is 0 Å². The highest BCUT2D eigenvalue weighted by Crippen LogP contribution is 2.39. The zero-order valence-electron chi connectivity index (χ0n) is 15.9. The summed E-state index contributed by atoms with van der Waals surface area (Å²) in [6.07, 6.45) is 5.81. The van der Waals surface area contributed by atoms with Crippen LogP contribution in [0.5, 0.6) is 0 Å². The van der Waals surface area contributed by atoms with Crippen LogP contribution in [0.4, 0.5) is 4.79 Å². The normalized spacial score (nSPS) is 21.2. The van der Waals surface area contributed by atoms with Gasteiger partial charge < -0.3 is 15.1 Å². The monoisotopic (exact) mass is 360 g/mol. The summed E-state index contributed by atoms with van der Waals surface area (Å²) in [5, 5.41) is 4.19. The van der Waals surface area contributed by atoms with Gasteiger partial charge in [-0.05, 0) is 31.6 Å². The molecule has 26 heavy (non-hydrogen) atoms. The molecule has 7 nitrogen and oxygen atoms in total. The molecule has 1 aromatic rings. The van der Waals surface area contributed by atoms with Crippen molar-refractivity contribution in [1.29, 1.82) is 0 Å². The smallest absolute Gasteiger partial charge is 0.332 e. The molecular formula is C19H28N4O3. The quantitative estimate of drug-likeness (QED) is 0.793. The molecule has 3 rings (SSSR count). The number of amides is 3. The lowest BCUT2D eigenvalue weighted by Crippen LogP contribution is -2.32. The summed E-state index contributed by atoms with van der Waals surface area (Å²) in [5.74, 6) is 1.13. The number of likely N-dealkylation sites (tertiary alicyclic amines) is 1. The summed E-state index contributed by atoms with van der Waals surface area (Å²) in [5.41, 5.74) is 9.77. The average Bonchev–Trinajstić information content (AvgIpc) is 2.76. The van der Waals surface area contributed by atoms with Crippen molar-refractivity contribution in [1.82, 2.24) is 10.3 Å². The van der Waals surface area contributed by atoms with Gasteiger partial charge in [0.2, 0.25) is 0 Å². The predicted octanol–water partition coefficient (Wildman–Crippen LogP) is 2.95. The molecule has 0 saturated carbocycles. The van der Waals surface area contributed by atoms with Crippen LogP contribution in [0.1, 0.15) is 73.4 Å². The van der Waals surface area contributed by atoms with Gasteiger partial charge in [0, 0.05) is 30.6 Å². The number of primary amides is 1. The Balaban J connectivity index is 1.97. The molecule has 0 spiro atoms. The molecule has 7 heteroatoms. The van der Waals surface area contributed by atoms with E-state index in [-0.39, 0.29) is 11.3 Å². The lowest BCUT2D eigenvalue weighted by atomic mass is 9.75. The number of hydrogen-bond donors (Lipinski definition) is 2. The third kappa shape index (κ3) is 3.76. The van der Waals surface area contributed by atoms with Gasteiger partial charge in [-0.1, -0.05) is 26.7 Å². The van der Waals surface area contributed by atoms with Crippen molar-refractivity contribution in [3.05, 3.63) is 22.6 Å². The van der Waals surface area contributed by atoms with Crippen LogP contribution in [0, 0.1) is 12.3 Å². The lowest BCUT2D eigenvalue weighted by Gasteiger charge is -2.29. The third-order valence-corrected chi connectivity index (χ3v) is 5.18. The molecule has 2 heterocycles. The molecule has 0 atom stereocenters. The molecule has 0 radical (unpaired) electrons. The first-order chi connectivity index (χ1) is 12.3. The minimum atomic E-state index is -0.704. The fraction of sp³-hybridized carbons (Fsp3) is 0.632. The first-order valence-electron chi connectivity index (χ1n) is 9.32. The van der Waals surface area contributed by atoms with E-state index in [4.69, 9.17) is 10.2 Å². The Morgan fingerprint density at radius 2 is 1.81 bits per heavy atom. The number of carbonyl (C=O) groups excluding carboxylic acids is 2. The van der Waals surface area contributed by atoms with E-state index in [9.17, 15) is 9.59 Å². The third-order valence-electron chi connectivity index (χ3n) is 5.18. The molecule has 1 aromatic heterocycles. The maximum absolute atomic E-state index is 13.0. The van der Waals surface area contributed by atoms with Gasteiger partial charge in [-0.3, -0.25) is 4.79 Å². The second-order valence-corrected chi connectivity index (χ2v) is 8.11. The largest absolute Gasteiger partial charge is 0.455 e. The average molecular weight is 360 g/mol. The Morgan fingerprint density at radius 1 is 1.15 bits per heavy atom. The van der Waals surface area contributed by atoms with E-state index in [1.165, 1.54) is 12.8 Å². The molecule has 0 unspecified atom stereocenters. The van der Waals surface area contributed by atoms with E-state index >= 15 is 0 Å². The van der Waals surface area contributed by atoms with Gasteiger partial charge in [-0.15, -0.1) is 0 Å². The summed E-state index contributed by atoms with van der Waals surface area (Å²) in [4.78, 5) is 26.0. The maximum Gasteiger partial charge on any atom is 0.332 e. The SMILES string of the molecule is Cc1c(C(=O)N2CCCCCC2)oc2c1/C(=N\NC(N)=O)CC(C)(C)C2. The lowest BCUT2D eigenvalue weighted by molar-refractivity contribution is 0.0725. The van der Waals surface area contributed by atoms with Gasteiger partial charge in [0.1, 0.15) is 5.76 Å². The molecule has 1 fully saturated rings. The van der Waals surface area contributed by atoms with Gasteiger partial charge in [0.05, 0.1) is 5.71 Å². The van der Waals surface area contributed by atoms with Crippen molar-refractivity contribution in [3.63, 3.8) is 0 Å². The van der Waals surface area contributed by atoms with Crippen LogP contribution in [0.15, 0.2) is 9.52 Å². The van der Waals surface area contributed by atoms with Crippen molar-refractivity contribution >= 4 is 17.6 Å². The first kappa shape index (κ1) is 18.5. The number of rotatable bonds is 2. The molecule has 142 valence electrons. The molecule has 3 N–H and O–H groups in total. The molecular weight excluding hydrogens is 332 g/mol. The number of carbonyl (C=O) groups is 2. The minimum absolute atomic E-state index is 0.0428. The van der Waals surface area contributed by atoms with Crippen LogP contribution < -0.4 is 11.2 Å².